The number of hydrogen-bond acceptors (Lipinski definition) is 2. The van der Waals surface area contributed by atoms with E-state index < -0.39 is 0 Å². The Morgan fingerprint density at radius 3 is 2.15 bits per heavy atom. The fourth-order valence-electron chi connectivity index (χ4n) is 2.37. The van der Waals surface area contributed by atoms with Crippen LogP contribution >= 0.6 is 0 Å². The standard InChI is InChI=1S/C18H23NO/c20-14-8-7-13-18(17-11-5-2-6-12-17)19-15-16-9-3-1-4-10-16/h1-6,9-12,18-20H,7-8,13-15H2. The number of benzene rings is 2. The highest BCUT2D eigenvalue weighted by Crippen LogP contribution is 2.19. The van der Waals surface area contributed by atoms with Gasteiger partial charge >= 0.3 is 0 Å². The lowest BCUT2D eigenvalue weighted by molar-refractivity contribution is 0.279. The molecule has 0 aromatic heterocycles. The molecule has 0 aliphatic heterocycles. The predicted octanol–water partition coefficient (Wildman–Crippen LogP) is 3.68. The molecule has 0 spiro atoms. The molecule has 0 fully saturated rings. The number of hydrogen-bond donors (Lipinski definition) is 2. The summed E-state index contributed by atoms with van der Waals surface area (Å²) in [6, 6.07) is 21.4. The molecule has 1 atom stereocenters. The van der Waals surface area contributed by atoms with E-state index in [-0.39, 0.29) is 6.61 Å². The fourth-order valence-corrected chi connectivity index (χ4v) is 2.37. The first kappa shape index (κ1) is 14.8. The summed E-state index contributed by atoms with van der Waals surface area (Å²) in [5, 5.41) is 12.6. The zero-order chi connectivity index (χ0) is 14.0. The van der Waals surface area contributed by atoms with Crippen LogP contribution in [0.2, 0.25) is 0 Å². The quantitative estimate of drug-likeness (QED) is 0.716. The van der Waals surface area contributed by atoms with Crippen molar-refractivity contribution in [3.05, 3.63) is 71.8 Å². The molecule has 0 saturated heterocycles. The summed E-state index contributed by atoms with van der Waals surface area (Å²) in [6.45, 7) is 1.15. The second-order valence-electron chi connectivity index (χ2n) is 5.05. The number of aliphatic hydroxyl groups is 1. The summed E-state index contributed by atoms with van der Waals surface area (Å²) >= 11 is 0. The van der Waals surface area contributed by atoms with Crippen molar-refractivity contribution in [2.75, 3.05) is 6.61 Å². The average Bonchev–Trinajstić information content (AvgIpc) is 2.52. The van der Waals surface area contributed by atoms with E-state index in [4.69, 9.17) is 5.11 Å². The van der Waals surface area contributed by atoms with Crippen molar-refractivity contribution < 1.29 is 5.11 Å². The van der Waals surface area contributed by atoms with E-state index in [1.807, 2.05) is 12.1 Å². The van der Waals surface area contributed by atoms with Crippen LogP contribution in [0.3, 0.4) is 0 Å². The van der Waals surface area contributed by atoms with Crippen LogP contribution in [0.25, 0.3) is 0 Å². The molecule has 0 bridgehead atoms. The highest BCUT2D eigenvalue weighted by Gasteiger charge is 2.10. The van der Waals surface area contributed by atoms with Crippen LogP contribution in [-0.4, -0.2) is 11.7 Å². The van der Waals surface area contributed by atoms with Crippen molar-refractivity contribution in [3.63, 3.8) is 0 Å². The zero-order valence-electron chi connectivity index (χ0n) is 11.8. The monoisotopic (exact) mass is 269 g/mol. The van der Waals surface area contributed by atoms with Gasteiger partial charge in [-0.25, -0.2) is 0 Å². The Bertz CT molecular complexity index is 469. The van der Waals surface area contributed by atoms with Gasteiger partial charge in [0.25, 0.3) is 0 Å². The molecule has 2 heteroatoms. The van der Waals surface area contributed by atoms with E-state index in [9.17, 15) is 0 Å². The van der Waals surface area contributed by atoms with Crippen LogP contribution in [-0.2, 0) is 6.54 Å². The van der Waals surface area contributed by atoms with Gasteiger partial charge in [0, 0.05) is 19.2 Å². The van der Waals surface area contributed by atoms with Crippen molar-refractivity contribution in [2.45, 2.75) is 31.8 Å². The maximum atomic E-state index is 8.94. The van der Waals surface area contributed by atoms with Crippen molar-refractivity contribution in [1.29, 1.82) is 0 Å². The Balaban J connectivity index is 1.95. The van der Waals surface area contributed by atoms with E-state index in [0.29, 0.717) is 6.04 Å². The maximum Gasteiger partial charge on any atom is 0.0431 e. The third-order valence-electron chi connectivity index (χ3n) is 3.50. The summed E-state index contributed by atoms with van der Waals surface area (Å²) in [5.74, 6) is 0. The molecule has 2 aromatic carbocycles. The topological polar surface area (TPSA) is 32.3 Å². The number of aliphatic hydroxyl groups excluding tert-OH is 1. The Morgan fingerprint density at radius 1 is 0.850 bits per heavy atom. The van der Waals surface area contributed by atoms with Crippen molar-refractivity contribution in [2.24, 2.45) is 0 Å². The first-order chi connectivity index (χ1) is 9.90. The molecule has 2 N–H and O–H groups in total. The minimum atomic E-state index is 0.278. The molecule has 2 aromatic rings. The lowest BCUT2D eigenvalue weighted by atomic mass is 10.0. The van der Waals surface area contributed by atoms with E-state index in [2.05, 4.69) is 53.8 Å². The second-order valence-corrected chi connectivity index (χ2v) is 5.05. The van der Waals surface area contributed by atoms with Gasteiger partial charge in [0.2, 0.25) is 0 Å². The van der Waals surface area contributed by atoms with E-state index in [1.165, 1.54) is 11.1 Å². The third-order valence-corrected chi connectivity index (χ3v) is 3.50. The second kappa shape index (κ2) is 8.51. The number of nitrogens with one attached hydrogen (secondary N) is 1. The Morgan fingerprint density at radius 2 is 1.50 bits per heavy atom. The minimum Gasteiger partial charge on any atom is -0.396 e. The molecule has 0 aliphatic carbocycles. The van der Waals surface area contributed by atoms with Crippen LogP contribution in [0.5, 0.6) is 0 Å². The van der Waals surface area contributed by atoms with E-state index in [1.54, 1.807) is 0 Å². The summed E-state index contributed by atoms with van der Waals surface area (Å²) in [5.41, 5.74) is 2.62. The third kappa shape index (κ3) is 4.80. The Labute approximate surface area is 121 Å². The molecule has 0 saturated carbocycles. The minimum absolute atomic E-state index is 0.278. The molecule has 2 nitrogen and oxygen atoms in total. The van der Waals surface area contributed by atoms with E-state index >= 15 is 0 Å². The Hall–Kier alpha value is -1.64. The van der Waals surface area contributed by atoms with Crippen LogP contribution in [0.4, 0.5) is 0 Å². The highest BCUT2D eigenvalue weighted by atomic mass is 16.2. The molecule has 2 rings (SSSR count). The van der Waals surface area contributed by atoms with Crippen molar-refractivity contribution in [3.8, 4) is 0 Å². The molecule has 0 heterocycles. The van der Waals surface area contributed by atoms with Gasteiger partial charge in [-0.3, -0.25) is 0 Å². The zero-order valence-corrected chi connectivity index (χ0v) is 11.8. The van der Waals surface area contributed by atoms with Gasteiger partial charge in [-0.2, -0.15) is 0 Å². The molecular weight excluding hydrogens is 246 g/mol. The average molecular weight is 269 g/mol. The predicted molar refractivity (Wildman–Crippen MR) is 83.4 cm³/mol. The first-order valence-electron chi connectivity index (χ1n) is 7.33. The summed E-state index contributed by atoms with van der Waals surface area (Å²) in [6.07, 6.45) is 2.96. The van der Waals surface area contributed by atoms with Crippen LogP contribution < -0.4 is 5.32 Å². The SMILES string of the molecule is OCCCCC(NCc1ccccc1)c1ccccc1. The van der Waals surface area contributed by atoms with Gasteiger partial charge in [-0.1, -0.05) is 60.7 Å². The summed E-state index contributed by atoms with van der Waals surface area (Å²) < 4.78 is 0. The highest BCUT2D eigenvalue weighted by molar-refractivity contribution is 5.20. The lowest BCUT2D eigenvalue weighted by Gasteiger charge is -2.19. The van der Waals surface area contributed by atoms with Gasteiger partial charge in [-0.05, 0) is 30.4 Å². The van der Waals surface area contributed by atoms with Gasteiger partial charge in [0.05, 0.1) is 0 Å². The first-order valence-corrected chi connectivity index (χ1v) is 7.33. The Kier molecular flexibility index (Phi) is 6.28. The normalized spacial score (nSPS) is 12.2. The van der Waals surface area contributed by atoms with Gasteiger partial charge in [0.1, 0.15) is 0 Å². The number of unbranched alkanes of at least 4 members (excludes halogenated alkanes) is 1. The molecule has 1 unspecified atom stereocenters. The fraction of sp³-hybridized carbons (Fsp3) is 0.333. The maximum absolute atomic E-state index is 8.94. The largest absolute Gasteiger partial charge is 0.396 e. The van der Waals surface area contributed by atoms with Gasteiger partial charge in [0.15, 0.2) is 0 Å². The smallest absolute Gasteiger partial charge is 0.0431 e. The summed E-state index contributed by atoms with van der Waals surface area (Å²) in [4.78, 5) is 0. The molecule has 0 amide bonds. The van der Waals surface area contributed by atoms with Crippen molar-refractivity contribution >= 4 is 0 Å². The molecule has 0 radical (unpaired) electrons. The number of rotatable bonds is 8. The molecular formula is C18H23NO. The van der Waals surface area contributed by atoms with Crippen LogP contribution in [0.15, 0.2) is 60.7 Å². The van der Waals surface area contributed by atoms with Gasteiger partial charge in [-0.15, -0.1) is 0 Å². The van der Waals surface area contributed by atoms with Gasteiger partial charge < -0.3 is 10.4 Å². The van der Waals surface area contributed by atoms with Crippen LogP contribution in [0.1, 0.15) is 36.4 Å². The summed E-state index contributed by atoms with van der Waals surface area (Å²) in [7, 11) is 0. The van der Waals surface area contributed by atoms with E-state index in [0.717, 1.165) is 25.8 Å². The molecule has 0 aliphatic rings. The molecule has 106 valence electrons. The lowest BCUT2D eigenvalue weighted by Crippen LogP contribution is -2.21. The van der Waals surface area contributed by atoms with Crippen molar-refractivity contribution in [1.82, 2.24) is 5.32 Å². The van der Waals surface area contributed by atoms with Crippen LogP contribution in [0, 0.1) is 0 Å². The molecule has 20 heavy (non-hydrogen) atoms.